The summed E-state index contributed by atoms with van der Waals surface area (Å²) in [5.74, 6) is -2.61. The van der Waals surface area contributed by atoms with E-state index in [-0.39, 0.29) is 30.7 Å². The number of benzene rings is 2. The molecule has 1 aliphatic carbocycles. The molecular weight excluding hydrogens is 502 g/mol. The topological polar surface area (TPSA) is 63.3 Å². The molecule has 190 valence electrons. The molecular formula is C27H29ClF2N4OS. The van der Waals surface area contributed by atoms with Crippen LogP contribution in [-0.2, 0) is 11.3 Å². The number of carbonyl (C=O) groups is 1. The largest absolute Gasteiger partial charge is 0.389 e. The molecule has 1 aromatic heterocycles. The van der Waals surface area contributed by atoms with E-state index in [2.05, 4.69) is 14.8 Å². The highest BCUT2D eigenvalue weighted by Gasteiger charge is 2.36. The van der Waals surface area contributed by atoms with Crippen LogP contribution in [0.1, 0.15) is 42.9 Å². The Labute approximate surface area is 219 Å². The molecule has 0 radical (unpaired) electrons. The monoisotopic (exact) mass is 530 g/mol. The molecule has 9 heteroatoms. The average molecular weight is 531 g/mol. The third-order valence-corrected chi connectivity index (χ3v) is 8.10. The molecule has 2 fully saturated rings. The lowest BCUT2D eigenvalue weighted by atomic mass is 9.92. The van der Waals surface area contributed by atoms with Crippen molar-refractivity contribution in [3.05, 3.63) is 58.7 Å². The zero-order valence-electron chi connectivity index (χ0n) is 20.1. The minimum Gasteiger partial charge on any atom is -0.389 e. The second-order valence-corrected chi connectivity index (χ2v) is 10.9. The molecule has 2 aliphatic rings. The van der Waals surface area contributed by atoms with Crippen molar-refractivity contribution in [2.24, 2.45) is 11.7 Å². The first-order chi connectivity index (χ1) is 17.1. The molecule has 5 rings (SSSR count). The van der Waals surface area contributed by atoms with Gasteiger partial charge in [-0.3, -0.25) is 4.79 Å². The number of hydrogen-bond donors (Lipinski definition) is 2. The molecule has 3 N–H and O–H groups in total. The maximum absolute atomic E-state index is 13.9. The Morgan fingerprint density at radius 2 is 1.94 bits per heavy atom. The van der Waals surface area contributed by atoms with Crippen LogP contribution in [0.3, 0.4) is 0 Å². The van der Waals surface area contributed by atoms with Crippen molar-refractivity contribution in [3.8, 4) is 11.1 Å². The first kappa shape index (κ1) is 25.1. The van der Waals surface area contributed by atoms with E-state index in [9.17, 15) is 13.6 Å². The van der Waals surface area contributed by atoms with Crippen molar-refractivity contribution in [1.82, 2.24) is 14.8 Å². The SMILES string of the molecule is CN1CC(C(=O)NCc2ccc3c(-c4cccc(C(N)=S)c4)cn(C4CCC(F)(F)CC4)c3c2Cl)C1. The number of halogens is 3. The summed E-state index contributed by atoms with van der Waals surface area (Å²) in [5.41, 5.74) is 10.1. The van der Waals surface area contributed by atoms with Gasteiger partial charge < -0.3 is 20.5 Å². The van der Waals surface area contributed by atoms with Crippen LogP contribution in [0.5, 0.6) is 0 Å². The van der Waals surface area contributed by atoms with E-state index in [1.165, 1.54) is 0 Å². The zero-order valence-corrected chi connectivity index (χ0v) is 21.6. The lowest BCUT2D eigenvalue weighted by Crippen LogP contribution is -2.51. The second kappa shape index (κ2) is 9.72. The predicted octanol–water partition coefficient (Wildman–Crippen LogP) is 5.52. The van der Waals surface area contributed by atoms with Crippen LogP contribution in [0.2, 0.25) is 5.02 Å². The number of amides is 1. The van der Waals surface area contributed by atoms with E-state index >= 15 is 0 Å². The second-order valence-electron chi connectivity index (χ2n) is 10.1. The highest BCUT2D eigenvalue weighted by atomic mass is 35.5. The number of rotatable bonds is 6. The van der Waals surface area contributed by atoms with Crippen molar-refractivity contribution in [2.45, 2.75) is 44.2 Å². The Morgan fingerprint density at radius 3 is 2.61 bits per heavy atom. The molecule has 0 unspecified atom stereocenters. The highest BCUT2D eigenvalue weighted by molar-refractivity contribution is 7.80. The number of hydrogen-bond acceptors (Lipinski definition) is 3. The van der Waals surface area contributed by atoms with Crippen molar-refractivity contribution in [3.63, 3.8) is 0 Å². The van der Waals surface area contributed by atoms with Crippen LogP contribution in [0.15, 0.2) is 42.6 Å². The summed E-state index contributed by atoms with van der Waals surface area (Å²) in [7, 11) is 1.98. The predicted molar refractivity (Wildman–Crippen MR) is 144 cm³/mol. The third-order valence-electron chi connectivity index (χ3n) is 7.44. The molecule has 1 aliphatic heterocycles. The number of thiocarbonyl (C=S) groups is 1. The van der Waals surface area contributed by atoms with Crippen LogP contribution in [-0.4, -0.2) is 46.4 Å². The lowest BCUT2D eigenvalue weighted by molar-refractivity contribution is -0.129. The van der Waals surface area contributed by atoms with Crippen molar-refractivity contribution >= 4 is 45.6 Å². The van der Waals surface area contributed by atoms with Crippen molar-refractivity contribution < 1.29 is 13.6 Å². The van der Waals surface area contributed by atoms with Gasteiger partial charge in [-0.2, -0.15) is 0 Å². The summed E-state index contributed by atoms with van der Waals surface area (Å²) in [6, 6.07) is 11.5. The number of alkyl halides is 2. The lowest BCUT2D eigenvalue weighted by Gasteiger charge is -2.34. The molecule has 3 aromatic rings. The molecule has 5 nitrogen and oxygen atoms in total. The highest BCUT2D eigenvalue weighted by Crippen LogP contribution is 2.44. The van der Waals surface area contributed by atoms with Crippen LogP contribution in [0.4, 0.5) is 8.78 Å². The first-order valence-corrected chi connectivity index (χ1v) is 13.0. The molecule has 0 bridgehead atoms. The summed E-state index contributed by atoms with van der Waals surface area (Å²) in [6.45, 7) is 1.82. The number of likely N-dealkylation sites (tertiary alicyclic amines) is 1. The van der Waals surface area contributed by atoms with E-state index in [4.69, 9.17) is 29.6 Å². The fourth-order valence-electron chi connectivity index (χ4n) is 5.34. The molecule has 2 aromatic carbocycles. The maximum Gasteiger partial charge on any atom is 0.248 e. The number of nitrogens with one attached hydrogen (secondary N) is 1. The number of nitrogens with zero attached hydrogens (tertiary/aromatic N) is 2. The van der Waals surface area contributed by atoms with E-state index in [0.29, 0.717) is 29.4 Å². The van der Waals surface area contributed by atoms with Gasteiger partial charge in [0.1, 0.15) is 4.99 Å². The van der Waals surface area contributed by atoms with Crippen LogP contribution in [0, 0.1) is 5.92 Å². The molecule has 0 atom stereocenters. The Kier molecular flexibility index (Phi) is 6.78. The van der Waals surface area contributed by atoms with Gasteiger partial charge in [0.25, 0.3) is 0 Å². The van der Waals surface area contributed by atoms with Gasteiger partial charge in [0.05, 0.1) is 16.5 Å². The fourth-order valence-corrected chi connectivity index (χ4v) is 5.79. The molecule has 2 heterocycles. The molecule has 1 saturated carbocycles. The van der Waals surface area contributed by atoms with E-state index in [1.807, 2.05) is 49.6 Å². The Balaban J connectivity index is 1.53. The minimum atomic E-state index is -2.62. The fraction of sp³-hybridized carbons (Fsp3) is 0.407. The van der Waals surface area contributed by atoms with Crippen molar-refractivity contribution in [1.29, 1.82) is 0 Å². The van der Waals surface area contributed by atoms with Gasteiger partial charge in [-0.05, 0) is 37.1 Å². The van der Waals surface area contributed by atoms with E-state index < -0.39 is 5.92 Å². The van der Waals surface area contributed by atoms with Gasteiger partial charge in [0.15, 0.2) is 0 Å². The van der Waals surface area contributed by atoms with Gasteiger partial charge in [0, 0.05) is 61.2 Å². The summed E-state index contributed by atoms with van der Waals surface area (Å²) >= 11 is 12.1. The van der Waals surface area contributed by atoms with E-state index in [1.54, 1.807) is 0 Å². The van der Waals surface area contributed by atoms with Crippen molar-refractivity contribution in [2.75, 3.05) is 20.1 Å². The van der Waals surface area contributed by atoms with Crippen LogP contribution < -0.4 is 11.1 Å². The molecule has 1 amide bonds. The van der Waals surface area contributed by atoms with Gasteiger partial charge in [-0.15, -0.1) is 0 Å². The smallest absolute Gasteiger partial charge is 0.248 e. The van der Waals surface area contributed by atoms with Gasteiger partial charge in [0.2, 0.25) is 11.8 Å². The van der Waals surface area contributed by atoms with Crippen LogP contribution >= 0.6 is 23.8 Å². The minimum absolute atomic E-state index is 0.00206. The molecule has 0 spiro atoms. The Hall–Kier alpha value is -2.55. The quantitative estimate of drug-likeness (QED) is 0.412. The summed E-state index contributed by atoms with van der Waals surface area (Å²) in [5, 5.41) is 4.47. The average Bonchev–Trinajstić information content (AvgIpc) is 3.22. The summed E-state index contributed by atoms with van der Waals surface area (Å²) in [4.78, 5) is 14.9. The molecule has 36 heavy (non-hydrogen) atoms. The Morgan fingerprint density at radius 1 is 1.22 bits per heavy atom. The van der Waals surface area contributed by atoms with Crippen LogP contribution in [0.25, 0.3) is 22.0 Å². The summed E-state index contributed by atoms with van der Waals surface area (Å²) < 4.78 is 29.9. The molecule has 1 saturated heterocycles. The number of carbonyl (C=O) groups excluding carboxylic acids is 1. The van der Waals surface area contributed by atoms with Gasteiger partial charge in [-0.25, -0.2) is 8.78 Å². The maximum atomic E-state index is 13.9. The Bertz CT molecular complexity index is 1320. The zero-order chi connectivity index (χ0) is 25.6. The van der Waals surface area contributed by atoms with Gasteiger partial charge >= 0.3 is 0 Å². The normalized spacial score (nSPS) is 18.8. The van der Waals surface area contributed by atoms with Gasteiger partial charge in [-0.1, -0.05) is 54.2 Å². The third kappa shape index (κ3) is 4.86. The summed E-state index contributed by atoms with van der Waals surface area (Å²) in [6.07, 6.45) is 2.46. The van der Waals surface area contributed by atoms with E-state index in [0.717, 1.165) is 46.2 Å². The number of aromatic nitrogens is 1. The number of fused-ring (bicyclic) bond motifs is 1. The standard InChI is InChI=1S/C27H29ClF2N4OS/c1-33-13-19(14-33)26(35)32-12-18-5-6-21-22(16-3-2-4-17(11-16)25(31)36)15-34(24(21)23(18)28)20-7-9-27(29,30)10-8-20/h2-6,11,15,19-20H,7-10,12-14H2,1H3,(H2,31,36)(H,32,35). The first-order valence-electron chi connectivity index (χ1n) is 12.2. The number of nitrogens with two attached hydrogens (primary N) is 1.